The Balaban J connectivity index is 1.98. The molecule has 0 aliphatic heterocycles. The maximum atomic E-state index is 14.0. The second kappa shape index (κ2) is 6.23. The van der Waals surface area contributed by atoms with E-state index in [0.29, 0.717) is 12.8 Å². The van der Waals surface area contributed by atoms with Gasteiger partial charge in [-0.1, -0.05) is 0 Å². The summed E-state index contributed by atoms with van der Waals surface area (Å²) >= 11 is 0.784. The second-order valence-electron chi connectivity index (χ2n) is 5.52. The van der Waals surface area contributed by atoms with Gasteiger partial charge in [-0.05, 0) is 48.4 Å². The third-order valence-electron chi connectivity index (χ3n) is 3.78. The zero-order valence-corrected chi connectivity index (χ0v) is 13.8. The molecule has 5 nitrogen and oxygen atoms in total. The van der Waals surface area contributed by atoms with E-state index in [-0.39, 0.29) is 21.3 Å². The van der Waals surface area contributed by atoms with E-state index in [9.17, 15) is 22.0 Å². The first kappa shape index (κ1) is 17.0. The molecule has 2 aromatic rings. The minimum Gasteiger partial charge on any atom is -0.477 e. The van der Waals surface area contributed by atoms with Crippen molar-refractivity contribution in [1.29, 1.82) is 0 Å². The van der Waals surface area contributed by atoms with Gasteiger partial charge in [0.05, 0.1) is 6.04 Å². The molecule has 1 atom stereocenters. The number of hydrogen-bond donors (Lipinski definition) is 2. The number of thiophene rings is 1. The number of aromatic carboxylic acids is 1. The molecule has 0 amide bonds. The second-order valence-corrected chi connectivity index (χ2v) is 8.12. The fourth-order valence-electron chi connectivity index (χ4n) is 2.49. The highest BCUT2D eigenvalue weighted by atomic mass is 32.2. The fourth-order valence-corrected chi connectivity index (χ4v) is 5.04. The predicted molar refractivity (Wildman–Crippen MR) is 83.4 cm³/mol. The molecule has 128 valence electrons. The van der Waals surface area contributed by atoms with E-state index in [4.69, 9.17) is 5.11 Å². The van der Waals surface area contributed by atoms with Crippen LogP contribution in [-0.4, -0.2) is 19.5 Å². The van der Waals surface area contributed by atoms with Crippen LogP contribution >= 0.6 is 11.3 Å². The monoisotopic (exact) mass is 373 g/mol. The molecule has 2 N–H and O–H groups in total. The molecule has 1 aromatic heterocycles. The molecule has 1 saturated carbocycles. The molecule has 1 aliphatic carbocycles. The number of sulfonamides is 1. The lowest BCUT2D eigenvalue weighted by Gasteiger charge is -2.19. The number of rotatable bonds is 6. The topological polar surface area (TPSA) is 83.5 Å². The van der Waals surface area contributed by atoms with E-state index in [1.165, 1.54) is 11.4 Å². The Bertz CT molecular complexity index is 891. The molecule has 9 heteroatoms. The highest BCUT2D eigenvalue weighted by Crippen LogP contribution is 2.42. The summed E-state index contributed by atoms with van der Waals surface area (Å²) in [5, 5.41) is 10.4. The lowest BCUT2D eigenvalue weighted by atomic mass is 10.0. The third kappa shape index (κ3) is 3.33. The largest absolute Gasteiger partial charge is 0.477 e. The van der Waals surface area contributed by atoms with Crippen molar-refractivity contribution in [1.82, 2.24) is 4.72 Å². The van der Waals surface area contributed by atoms with E-state index >= 15 is 0 Å². The SMILES string of the molecule is O=C(O)c1sccc1S(=O)(=O)NC(c1cc(F)ccc1F)C1CC1. The Hall–Kier alpha value is -1.84. The average molecular weight is 373 g/mol. The number of carbonyl (C=O) groups is 1. The van der Waals surface area contributed by atoms with Crippen LogP contribution in [0.4, 0.5) is 8.78 Å². The smallest absolute Gasteiger partial charge is 0.347 e. The van der Waals surface area contributed by atoms with E-state index in [2.05, 4.69) is 4.72 Å². The summed E-state index contributed by atoms with van der Waals surface area (Å²) in [6, 6.07) is 3.11. The summed E-state index contributed by atoms with van der Waals surface area (Å²) < 4.78 is 54.9. The van der Waals surface area contributed by atoms with Gasteiger partial charge in [-0.25, -0.2) is 26.7 Å². The lowest BCUT2D eigenvalue weighted by molar-refractivity contribution is 0.0698. The molecule has 3 rings (SSSR count). The molecular formula is C15H13F2NO4S2. The number of hydrogen-bond acceptors (Lipinski definition) is 4. The van der Waals surface area contributed by atoms with Crippen LogP contribution in [0.15, 0.2) is 34.5 Å². The summed E-state index contributed by atoms with van der Waals surface area (Å²) in [5.41, 5.74) is -0.0758. The van der Waals surface area contributed by atoms with E-state index in [1.807, 2.05) is 0 Å². The molecule has 0 spiro atoms. The van der Waals surface area contributed by atoms with Crippen LogP contribution in [0.3, 0.4) is 0 Å². The Morgan fingerprint density at radius 1 is 1.29 bits per heavy atom. The molecule has 1 aliphatic rings. The minimum absolute atomic E-state index is 0.0758. The summed E-state index contributed by atoms with van der Waals surface area (Å²) in [6.07, 6.45) is 1.36. The third-order valence-corrected chi connectivity index (χ3v) is 6.30. The molecule has 1 aromatic carbocycles. The molecule has 1 fully saturated rings. The van der Waals surface area contributed by atoms with Crippen molar-refractivity contribution in [3.05, 3.63) is 51.7 Å². The predicted octanol–water partition coefficient (Wildman–Crippen LogP) is 3.15. The Labute approximate surface area is 141 Å². The molecular weight excluding hydrogens is 360 g/mol. The molecule has 1 heterocycles. The number of halogens is 2. The van der Waals surface area contributed by atoms with Gasteiger partial charge in [0.15, 0.2) is 0 Å². The number of benzene rings is 1. The van der Waals surface area contributed by atoms with Gasteiger partial charge >= 0.3 is 5.97 Å². The average Bonchev–Trinajstić information content (AvgIpc) is 3.22. The van der Waals surface area contributed by atoms with Crippen molar-refractivity contribution in [2.75, 3.05) is 0 Å². The highest BCUT2D eigenvalue weighted by Gasteiger charge is 2.38. The Morgan fingerprint density at radius 2 is 2.00 bits per heavy atom. The Morgan fingerprint density at radius 3 is 2.62 bits per heavy atom. The van der Waals surface area contributed by atoms with Gasteiger partial charge in [0.2, 0.25) is 10.0 Å². The van der Waals surface area contributed by atoms with Gasteiger partial charge in [-0.3, -0.25) is 0 Å². The summed E-state index contributed by atoms with van der Waals surface area (Å²) in [5.74, 6) is -2.88. The van der Waals surface area contributed by atoms with Gasteiger partial charge in [0, 0.05) is 5.56 Å². The molecule has 0 bridgehead atoms. The van der Waals surface area contributed by atoms with Crippen LogP contribution in [-0.2, 0) is 10.0 Å². The molecule has 24 heavy (non-hydrogen) atoms. The number of carboxylic acid groups (broad SMARTS) is 1. The minimum atomic E-state index is -4.18. The normalized spacial score (nSPS) is 16.1. The first-order valence-corrected chi connectivity index (χ1v) is 9.44. The van der Waals surface area contributed by atoms with Crippen molar-refractivity contribution in [3.63, 3.8) is 0 Å². The van der Waals surface area contributed by atoms with Crippen molar-refractivity contribution >= 4 is 27.3 Å². The first-order chi connectivity index (χ1) is 11.3. The standard InChI is InChI=1S/C15H13F2NO4S2/c16-9-3-4-11(17)10(7-9)13(8-1-2-8)18-24(21,22)12-5-6-23-14(12)15(19)20/h3-8,13,18H,1-2H2,(H,19,20). The molecule has 1 unspecified atom stereocenters. The maximum absolute atomic E-state index is 14.0. The van der Waals surface area contributed by atoms with Gasteiger partial charge in [-0.15, -0.1) is 11.3 Å². The number of carboxylic acids is 1. The van der Waals surface area contributed by atoms with Gasteiger partial charge in [0.25, 0.3) is 0 Å². The van der Waals surface area contributed by atoms with Crippen LogP contribution in [0.1, 0.15) is 34.1 Å². The lowest BCUT2D eigenvalue weighted by Crippen LogP contribution is -2.31. The van der Waals surface area contributed by atoms with Gasteiger partial charge < -0.3 is 5.11 Å². The van der Waals surface area contributed by atoms with Gasteiger partial charge in [0.1, 0.15) is 21.4 Å². The van der Waals surface area contributed by atoms with Crippen molar-refractivity contribution in [3.8, 4) is 0 Å². The van der Waals surface area contributed by atoms with Crippen LogP contribution in [0, 0.1) is 17.6 Å². The first-order valence-electron chi connectivity index (χ1n) is 7.07. The van der Waals surface area contributed by atoms with Crippen LogP contribution in [0.25, 0.3) is 0 Å². The Kier molecular flexibility index (Phi) is 4.41. The van der Waals surface area contributed by atoms with Crippen molar-refractivity contribution in [2.45, 2.75) is 23.8 Å². The molecule has 0 radical (unpaired) electrons. The van der Waals surface area contributed by atoms with E-state index in [0.717, 1.165) is 29.5 Å². The summed E-state index contributed by atoms with van der Waals surface area (Å²) in [6.45, 7) is 0. The zero-order chi connectivity index (χ0) is 17.5. The maximum Gasteiger partial charge on any atom is 0.347 e. The van der Waals surface area contributed by atoms with Crippen molar-refractivity contribution < 1.29 is 27.1 Å². The van der Waals surface area contributed by atoms with Gasteiger partial charge in [-0.2, -0.15) is 0 Å². The van der Waals surface area contributed by atoms with Crippen molar-refractivity contribution in [2.24, 2.45) is 5.92 Å². The van der Waals surface area contributed by atoms with Crippen LogP contribution in [0.2, 0.25) is 0 Å². The van der Waals surface area contributed by atoms with E-state index < -0.39 is 33.7 Å². The summed E-state index contributed by atoms with van der Waals surface area (Å²) in [4.78, 5) is 10.4. The highest BCUT2D eigenvalue weighted by molar-refractivity contribution is 7.89. The van der Waals surface area contributed by atoms with Crippen LogP contribution in [0.5, 0.6) is 0 Å². The van der Waals surface area contributed by atoms with Crippen LogP contribution < -0.4 is 4.72 Å². The summed E-state index contributed by atoms with van der Waals surface area (Å²) in [7, 11) is -4.18. The number of nitrogens with one attached hydrogen (secondary N) is 1. The fraction of sp³-hybridized carbons (Fsp3) is 0.267. The molecule has 0 saturated heterocycles. The van der Waals surface area contributed by atoms with E-state index in [1.54, 1.807) is 0 Å². The zero-order valence-electron chi connectivity index (χ0n) is 12.2. The quantitative estimate of drug-likeness (QED) is 0.815.